The van der Waals surface area contributed by atoms with Crippen LogP contribution >= 0.6 is 0 Å². The standard InChI is InChI=1S/C15H21N3/c1-5-16-15(13-9-17-18(4)10-13)14-7-6-11(2)8-12(14)3/h6-10,15-16H,5H2,1-4H3. The van der Waals surface area contributed by atoms with E-state index in [2.05, 4.69) is 55.6 Å². The van der Waals surface area contributed by atoms with Gasteiger partial charge in [-0.3, -0.25) is 4.68 Å². The van der Waals surface area contributed by atoms with E-state index in [1.807, 2.05) is 17.9 Å². The molecule has 1 unspecified atom stereocenters. The van der Waals surface area contributed by atoms with Gasteiger partial charge >= 0.3 is 0 Å². The highest BCUT2D eigenvalue weighted by Gasteiger charge is 2.16. The van der Waals surface area contributed by atoms with Crippen LogP contribution in [0.25, 0.3) is 0 Å². The summed E-state index contributed by atoms with van der Waals surface area (Å²) in [6, 6.07) is 6.84. The van der Waals surface area contributed by atoms with Crippen molar-refractivity contribution in [1.82, 2.24) is 15.1 Å². The first-order valence-electron chi connectivity index (χ1n) is 6.41. The molecular formula is C15H21N3. The van der Waals surface area contributed by atoms with Gasteiger partial charge in [-0.05, 0) is 31.5 Å². The van der Waals surface area contributed by atoms with Gasteiger partial charge in [0.1, 0.15) is 0 Å². The number of nitrogens with one attached hydrogen (secondary N) is 1. The zero-order valence-corrected chi connectivity index (χ0v) is 11.6. The molecule has 1 aromatic carbocycles. The molecule has 18 heavy (non-hydrogen) atoms. The SMILES string of the molecule is CCNC(c1cnn(C)c1)c1ccc(C)cc1C. The summed E-state index contributed by atoms with van der Waals surface area (Å²) in [6.45, 7) is 7.37. The van der Waals surface area contributed by atoms with E-state index in [4.69, 9.17) is 0 Å². The third kappa shape index (κ3) is 2.62. The second-order valence-corrected chi connectivity index (χ2v) is 4.80. The van der Waals surface area contributed by atoms with Gasteiger partial charge in [-0.25, -0.2) is 0 Å². The molecule has 3 nitrogen and oxygen atoms in total. The van der Waals surface area contributed by atoms with Crippen LogP contribution in [-0.2, 0) is 7.05 Å². The van der Waals surface area contributed by atoms with Crippen molar-refractivity contribution in [2.75, 3.05) is 6.54 Å². The van der Waals surface area contributed by atoms with Crippen LogP contribution in [0.5, 0.6) is 0 Å². The van der Waals surface area contributed by atoms with Crippen molar-refractivity contribution in [3.05, 3.63) is 52.8 Å². The van der Waals surface area contributed by atoms with E-state index in [0.717, 1.165) is 6.54 Å². The van der Waals surface area contributed by atoms with Crippen molar-refractivity contribution in [2.45, 2.75) is 26.8 Å². The summed E-state index contributed by atoms with van der Waals surface area (Å²) >= 11 is 0. The summed E-state index contributed by atoms with van der Waals surface area (Å²) in [6.07, 6.45) is 4.01. The minimum Gasteiger partial charge on any atom is -0.306 e. The molecule has 0 saturated heterocycles. The third-order valence-corrected chi connectivity index (χ3v) is 3.20. The highest BCUT2D eigenvalue weighted by molar-refractivity contribution is 5.37. The molecule has 0 radical (unpaired) electrons. The molecule has 0 bridgehead atoms. The second-order valence-electron chi connectivity index (χ2n) is 4.80. The Morgan fingerprint density at radius 3 is 2.67 bits per heavy atom. The van der Waals surface area contributed by atoms with Crippen LogP contribution in [0, 0.1) is 13.8 Å². The maximum absolute atomic E-state index is 4.27. The minimum atomic E-state index is 0.226. The molecule has 0 amide bonds. The van der Waals surface area contributed by atoms with E-state index in [0.29, 0.717) is 0 Å². The Morgan fingerprint density at radius 1 is 1.33 bits per heavy atom. The zero-order valence-electron chi connectivity index (χ0n) is 11.6. The maximum atomic E-state index is 4.27. The average molecular weight is 243 g/mol. The molecule has 0 spiro atoms. The highest BCUT2D eigenvalue weighted by atomic mass is 15.2. The first-order valence-corrected chi connectivity index (χ1v) is 6.41. The molecule has 96 valence electrons. The molecule has 2 aromatic rings. The van der Waals surface area contributed by atoms with Crippen molar-refractivity contribution in [3.63, 3.8) is 0 Å². The molecule has 0 saturated carbocycles. The van der Waals surface area contributed by atoms with Gasteiger partial charge in [0.2, 0.25) is 0 Å². The maximum Gasteiger partial charge on any atom is 0.0610 e. The number of rotatable bonds is 4. The monoisotopic (exact) mass is 243 g/mol. The number of hydrogen-bond acceptors (Lipinski definition) is 2. The lowest BCUT2D eigenvalue weighted by Crippen LogP contribution is -2.22. The highest BCUT2D eigenvalue weighted by Crippen LogP contribution is 2.25. The van der Waals surface area contributed by atoms with Crippen molar-refractivity contribution >= 4 is 0 Å². The van der Waals surface area contributed by atoms with Crippen molar-refractivity contribution in [2.24, 2.45) is 7.05 Å². The second kappa shape index (κ2) is 5.36. The Morgan fingerprint density at radius 2 is 2.11 bits per heavy atom. The molecule has 1 aromatic heterocycles. The molecule has 0 aliphatic carbocycles. The Kier molecular flexibility index (Phi) is 3.82. The lowest BCUT2D eigenvalue weighted by molar-refractivity contribution is 0.626. The van der Waals surface area contributed by atoms with Crippen LogP contribution in [0.15, 0.2) is 30.6 Å². The Hall–Kier alpha value is -1.61. The fourth-order valence-electron chi connectivity index (χ4n) is 2.35. The number of benzene rings is 1. The van der Waals surface area contributed by atoms with E-state index in [1.165, 1.54) is 22.3 Å². The van der Waals surface area contributed by atoms with E-state index in [9.17, 15) is 0 Å². The number of aromatic nitrogens is 2. The predicted molar refractivity (Wildman–Crippen MR) is 74.6 cm³/mol. The Labute approximate surface area is 109 Å². The van der Waals surface area contributed by atoms with E-state index >= 15 is 0 Å². The van der Waals surface area contributed by atoms with Gasteiger partial charge in [0, 0.05) is 18.8 Å². The molecule has 0 fully saturated rings. The molecule has 0 aliphatic heterocycles. The Balaban J connectivity index is 2.41. The van der Waals surface area contributed by atoms with Crippen molar-refractivity contribution in [3.8, 4) is 0 Å². The molecular weight excluding hydrogens is 222 g/mol. The van der Waals surface area contributed by atoms with Crippen LogP contribution in [0.3, 0.4) is 0 Å². The van der Waals surface area contributed by atoms with Gasteiger partial charge < -0.3 is 5.32 Å². The normalized spacial score (nSPS) is 12.7. The smallest absolute Gasteiger partial charge is 0.0610 e. The van der Waals surface area contributed by atoms with E-state index < -0.39 is 0 Å². The van der Waals surface area contributed by atoms with Crippen LogP contribution < -0.4 is 5.32 Å². The van der Waals surface area contributed by atoms with Crippen LogP contribution in [0.2, 0.25) is 0 Å². The van der Waals surface area contributed by atoms with Crippen LogP contribution in [-0.4, -0.2) is 16.3 Å². The molecule has 3 heteroatoms. The van der Waals surface area contributed by atoms with Crippen LogP contribution in [0.4, 0.5) is 0 Å². The summed E-state index contributed by atoms with van der Waals surface area (Å²) in [7, 11) is 1.95. The third-order valence-electron chi connectivity index (χ3n) is 3.20. The van der Waals surface area contributed by atoms with Gasteiger partial charge in [-0.15, -0.1) is 0 Å². The van der Waals surface area contributed by atoms with Crippen molar-refractivity contribution < 1.29 is 0 Å². The fourth-order valence-corrected chi connectivity index (χ4v) is 2.35. The lowest BCUT2D eigenvalue weighted by Gasteiger charge is -2.19. The van der Waals surface area contributed by atoms with Gasteiger partial charge in [0.05, 0.1) is 12.2 Å². The summed E-state index contributed by atoms with van der Waals surface area (Å²) in [5.74, 6) is 0. The first kappa shape index (κ1) is 12.8. The Bertz CT molecular complexity index is 528. The minimum absolute atomic E-state index is 0.226. The number of nitrogens with zero attached hydrogens (tertiary/aromatic N) is 2. The van der Waals surface area contributed by atoms with E-state index in [-0.39, 0.29) is 6.04 Å². The fraction of sp³-hybridized carbons (Fsp3) is 0.400. The average Bonchev–Trinajstić information content (AvgIpc) is 2.73. The quantitative estimate of drug-likeness (QED) is 0.895. The molecule has 1 atom stereocenters. The van der Waals surface area contributed by atoms with Gasteiger partial charge in [-0.2, -0.15) is 5.10 Å². The summed E-state index contributed by atoms with van der Waals surface area (Å²) in [4.78, 5) is 0. The van der Waals surface area contributed by atoms with Gasteiger partial charge in [-0.1, -0.05) is 30.7 Å². The number of hydrogen-bond donors (Lipinski definition) is 1. The topological polar surface area (TPSA) is 29.9 Å². The first-order chi connectivity index (χ1) is 8.61. The molecule has 1 heterocycles. The molecule has 0 aliphatic rings. The zero-order chi connectivity index (χ0) is 13.1. The summed E-state index contributed by atoms with van der Waals surface area (Å²) in [5, 5.41) is 7.80. The molecule has 2 rings (SSSR count). The van der Waals surface area contributed by atoms with E-state index in [1.54, 1.807) is 0 Å². The van der Waals surface area contributed by atoms with Crippen LogP contribution in [0.1, 0.15) is 35.2 Å². The summed E-state index contributed by atoms with van der Waals surface area (Å²) in [5.41, 5.74) is 5.17. The lowest BCUT2D eigenvalue weighted by atomic mass is 9.95. The number of aryl methyl sites for hydroxylation is 3. The van der Waals surface area contributed by atoms with Gasteiger partial charge in [0.15, 0.2) is 0 Å². The molecule has 1 N–H and O–H groups in total. The van der Waals surface area contributed by atoms with Gasteiger partial charge in [0.25, 0.3) is 0 Å². The largest absolute Gasteiger partial charge is 0.306 e. The predicted octanol–water partition coefficient (Wildman–Crippen LogP) is 2.74. The summed E-state index contributed by atoms with van der Waals surface area (Å²) < 4.78 is 1.85. The van der Waals surface area contributed by atoms with Crippen molar-refractivity contribution in [1.29, 1.82) is 0 Å².